The van der Waals surface area contributed by atoms with Crippen LogP contribution in [0.25, 0.3) is 11.4 Å². The Bertz CT molecular complexity index is 701. The van der Waals surface area contributed by atoms with Gasteiger partial charge in [0, 0.05) is 32.9 Å². The standard InChI is InChI=1S/C16H19N5O2/c1-20(2)10-13(15(22)23-4)21(3)16-18-11-17-14(19-16)12-8-6-5-7-9-12/h5-11H,1-4H3/b13-10+. The molecule has 0 spiro atoms. The van der Waals surface area contributed by atoms with E-state index in [1.807, 2.05) is 44.4 Å². The van der Waals surface area contributed by atoms with Crippen LogP contribution in [-0.2, 0) is 9.53 Å². The maximum absolute atomic E-state index is 12.0. The molecule has 0 atom stereocenters. The number of nitrogens with zero attached hydrogens (tertiary/aromatic N) is 5. The summed E-state index contributed by atoms with van der Waals surface area (Å²) in [5.41, 5.74) is 1.20. The summed E-state index contributed by atoms with van der Waals surface area (Å²) in [5, 5.41) is 0. The summed E-state index contributed by atoms with van der Waals surface area (Å²) in [5.74, 6) is 0.428. The summed E-state index contributed by atoms with van der Waals surface area (Å²) in [4.78, 5) is 28.1. The molecule has 2 aromatic rings. The second-order valence-corrected chi connectivity index (χ2v) is 5.00. The summed E-state index contributed by atoms with van der Waals surface area (Å²) in [7, 11) is 6.68. The van der Waals surface area contributed by atoms with Crippen LogP contribution in [0.1, 0.15) is 0 Å². The Kier molecular flexibility index (Phi) is 5.24. The van der Waals surface area contributed by atoms with Gasteiger partial charge in [-0.05, 0) is 0 Å². The number of aromatic nitrogens is 3. The van der Waals surface area contributed by atoms with Crippen molar-refractivity contribution in [1.82, 2.24) is 19.9 Å². The first-order valence-corrected chi connectivity index (χ1v) is 6.97. The average Bonchev–Trinajstić information content (AvgIpc) is 2.59. The predicted molar refractivity (Wildman–Crippen MR) is 87.5 cm³/mol. The van der Waals surface area contributed by atoms with E-state index >= 15 is 0 Å². The van der Waals surface area contributed by atoms with E-state index in [2.05, 4.69) is 15.0 Å². The minimum Gasteiger partial charge on any atom is -0.464 e. The molecule has 7 heteroatoms. The van der Waals surface area contributed by atoms with Gasteiger partial charge < -0.3 is 14.5 Å². The van der Waals surface area contributed by atoms with E-state index in [9.17, 15) is 4.79 Å². The molecule has 1 aromatic carbocycles. The SMILES string of the molecule is COC(=O)/C(=C\N(C)C)N(C)c1ncnc(-c2ccccc2)n1. The third kappa shape index (κ3) is 4.03. The lowest BCUT2D eigenvalue weighted by Gasteiger charge is -2.20. The van der Waals surface area contributed by atoms with Crippen molar-refractivity contribution in [3.63, 3.8) is 0 Å². The lowest BCUT2D eigenvalue weighted by Crippen LogP contribution is -2.27. The van der Waals surface area contributed by atoms with Gasteiger partial charge in [-0.15, -0.1) is 0 Å². The van der Waals surface area contributed by atoms with Crippen LogP contribution in [0.5, 0.6) is 0 Å². The highest BCUT2D eigenvalue weighted by molar-refractivity contribution is 5.91. The van der Waals surface area contributed by atoms with Crippen LogP contribution in [-0.4, -0.2) is 54.1 Å². The first-order chi connectivity index (χ1) is 11.0. The highest BCUT2D eigenvalue weighted by atomic mass is 16.5. The van der Waals surface area contributed by atoms with E-state index in [-0.39, 0.29) is 0 Å². The van der Waals surface area contributed by atoms with Crippen molar-refractivity contribution in [1.29, 1.82) is 0 Å². The van der Waals surface area contributed by atoms with E-state index in [4.69, 9.17) is 4.74 Å². The number of methoxy groups -OCH3 is 1. The molecule has 0 bridgehead atoms. The lowest BCUT2D eigenvalue weighted by atomic mass is 10.2. The van der Waals surface area contributed by atoms with Gasteiger partial charge in [0.2, 0.25) is 5.95 Å². The monoisotopic (exact) mass is 313 g/mol. The zero-order valence-electron chi connectivity index (χ0n) is 13.6. The van der Waals surface area contributed by atoms with Crippen molar-refractivity contribution in [2.45, 2.75) is 0 Å². The van der Waals surface area contributed by atoms with Crippen molar-refractivity contribution < 1.29 is 9.53 Å². The Morgan fingerprint density at radius 1 is 1.13 bits per heavy atom. The van der Waals surface area contributed by atoms with Crippen LogP contribution in [0.2, 0.25) is 0 Å². The molecule has 0 amide bonds. The second-order valence-electron chi connectivity index (χ2n) is 5.00. The van der Waals surface area contributed by atoms with Crippen LogP contribution in [0.3, 0.4) is 0 Å². The van der Waals surface area contributed by atoms with E-state index in [1.54, 1.807) is 23.0 Å². The molecule has 120 valence electrons. The topological polar surface area (TPSA) is 71.5 Å². The van der Waals surface area contributed by atoms with E-state index in [0.717, 1.165) is 5.56 Å². The summed E-state index contributed by atoms with van der Waals surface area (Å²) in [6.07, 6.45) is 3.07. The van der Waals surface area contributed by atoms with Crippen LogP contribution in [0, 0.1) is 0 Å². The Labute approximate surface area is 135 Å². The van der Waals surface area contributed by atoms with Crippen LogP contribution >= 0.6 is 0 Å². The zero-order valence-corrected chi connectivity index (χ0v) is 13.6. The number of hydrogen-bond donors (Lipinski definition) is 0. The molecule has 0 unspecified atom stereocenters. The molecule has 2 rings (SSSR count). The Balaban J connectivity index is 2.39. The van der Waals surface area contributed by atoms with Crippen molar-refractivity contribution in [3.8, 4) is 11.4 Å². The summed E-state index contributed by atoms with van der Waals surface area (Å²) < 4.78 is 4.82. The van der Waals surface area contributed by atoms with Crippen molar-refractivity contribution in [2.75, 3.05) is 33.2 Å². The Morgan fingerprint density at radius 2 is 1.83 bits per heavy atom. The fourth-order valence-corrected chi connectivity index (χ4v) is 1.91. The van der Waals surface area contributed by atoms with E-state index in [0.29, 0.717) is 17.5 Å². The number of hydrogen-bond acceptors (Lipinski definition) is 7. The van der Waals surface area contributed by atoms with Gasteiger partial charge in [0.1, 0.15) is 12.0 Å². The quantitative estimate of drug-likeness (QED) is 0.612. The van der Waals surface area contributed by atoms with Crippen molar-refractivity contribution >= 4 is 11.9 Å². The van der Waals surface area contributed by atoms with Gasteiger partial charge in [-0.25, -0.2) is 14.8 Å². The molecule has 0 aliphatic heterocycles. The molecule has 23 heavy (non-hydrogen) atoms. The first-order valence-electron chi connectivity index (χ1n) is 6.97. The number of rotatable bonds is 5. The number of anilines is 1. The molecule has 0 aliphatic carbocycles. The summed E-state index contributed by atoms with van der Waals surface area (Å²) in [6.45, 7) is 0. The second kappa shape index (κ2) is 7.35. The zero-order chi connectivity index (χ0) is 16.8. The largest absolute Gasteiger partial charge is 0.464 e. The third-order valence-electron chi connectivity index (χ3n) is 3.03. The van der Waals surface area contributed by atoms with Crippen molar-refractivity contribution in [3.05, 3.63) is 48.6 Å². The van der Waals surface area contributed by atoms with Crippen LogP contribution < -0.4 is 4.90 Å². The molecular weight excluding hydrogens is 294 g/mol. The number of carbonyl (C=O) groups is 1. The third-order valence-corrected chi connectivity index (χ3v) is 3.03. The average molecular weight is 313 g/mol. The molecule has 0 radical (unpaired) electrons. The van der Waals surface area contributed by atoms with E-state index in [1.165, 1.54) is 13.4 Å². The Morgan fingerprint density at radius 3 is 2.43 bits per heavy atom. The fraction of sp³-hybridized carbons (Fsp3) is 0.250. The normalized spacial score (nSPS) is 11.0. The van der Waals surface area contributed by atoms with Gasteiger partial charge in [-0.3, -0.25) is 0 Å². The van der Waals surface area contributed by atoms with Gasteiger partial charge >= 0.3 is 5.97 Å². The van der Waals surface area contributed by atoms with Gasteiger partial charge in [-0.2, -0.15) is 4.98 Å². The maximum atomic E-state index is 12.0. The highest BCUT2D eigenvalue weighted by Gasteiger charge is 2.19. The fourth-order valence-electron chi connectivity index (χ4n) is 1.91. The summed E-state index contributed by atoms with van der Waals surface area (Å²) >= 11 is 0. The van der Waals surface area contributed by atoms with Gasteiger partial charge in [0.05, 0.1) is 7.11 Å². The minimum atomic E-state index is -0.470. The molecular formula is C16H19N5O2. The molecule has 0 fully saturated rings. The smallest absolute Gasteiger partial charge is 0.356 e. The highest BCUT2D eigenvalue weighted by Crippen LogP contribution is 2.18. The predicted octanol–water partition coefficient (Wildman–Crippen LogP) is 1.55. The maximum Gasteiger partial charge on any atom is 0.356 e. The number of ether oxygens (including phenoxy) is 1. The first kappa shape index (κ1) is 16.4. The molecule has 0 saturated carbocycles. The molecule has 0 aliphatic rings. The lowest BCUT2D eigenvalue weighted by molar-refractivity contribution is -0.136. The molecule has 0 saturated heterocycles. The van der Waals surface area contributed by atoms with Crippen LogP contribution in [0.15, 0.2) is 48.6 Å². The van der Waals surface area contributed by atoms with Gasteiger partial charge in [-0.1, -0.05) is 30.3 Å². The number of carbonyl (C=O) groups excluding carboxylic acids is 1. The van der Waals surface area contributed by atoms with Gasteiger partial charge in [0.15, 0.2) is 5.82 Å². The van der Waals surface area contributed by atoms with Gasteiger partial charge in [0.25, 0.3) is 0 Å². The molecule has 7 nitrogen and oxygen atoms in total. The van der Waals surface area contributed by atoms with Crippen LogP contribution in [0.4, 0.5) is 5.95 Å². The number of likely N-dealkylation sites (N-methyl/N-ethyl adjacent to an activating group) is 1. The number of esters is 1. The number of benzene rings is 1. The summed E-state index contributed by atoms with van der Waals surface area (Å²) in [6, 6.07) is 9.57. The molecule has 1 heterocycles. The Hall–Kier alpha value is -2.96. The van der Waals surface area contributed by atoms with E-state index < -0.39 is 5.97 Å². The van der Waals surface area contributed by atoms with Crippen molar-refractivity contribution in [2.24, 2.45) is 0 Å². The minimum absolute atomic E-state index is 0.322. The molecule has 1 aromatic heterocycles. The molecule has 0 N–H and O–H groups in total.